The topological polar surface area (TPSA) is 58.4 Å². The lowest BCUT2D eigenvalue weighted by Gasteiger charge is -2.24. The maximum atomic E-state index is 11.7. The molecular weight excluding hydrogens is 202 g/mol. The summed E-state index contributed by atoms with van der Waals surface area (Å²) in [6.45, 7) is 7.67. The van der Waals surface area contributed by atoms with Crippen molar-refractivity contribution in [2.45, 2.75) is 52.1 Å². The molecule has 0 bridgehead atoms. The van der Waals surface area contributed by atoms with Gasteiger partial charge in [0.05, 0.1) is 6.04 Å². The molecule has 0 aromatic rings. The van der Waals surface area contributed by atoms with E-state index in [1.807, 2.05) is 25.8 Å². The highest BCUT2D eigenvalue weighted by Gasteiger charge is 2.17. The van der Waals surface area contributed by atoms with Gasteiger partial charge >= 0.3 is 0 Å². The molecule has 2 unspecified atom stereocenters. The molecule has 16 heavy (non-hydrogen) atoms. The van der Waals surface area contributed by atoms with Crippen LogP contribution in [-0.4, -0.2) is 43.0 Å². The first-order valence-electron chi connectivity index (χ1n) is 6.22. The smallest absolute Gasteiger partial charge is 0.237 e. The maximum Gasteiger partial charge on any atom is 0.237 e. The third-order valence-corrected chi connectivity index (χ3v) is 2.81. The predicted octanol–water partition coefficient (Wildman–Crippen LogP) is 0.960. The van der Waals surface area contributed by atoms with Crippen molar-refractivity contribution in [1.82, 2.24) is 10.2 Å². The summed E-state index contributed by atoms with van der Waals surface area (Å²) in [7, 11) is 1.96. The average Bonchev–Trinajstić information content (AvgIpc) is 2.24. The molecule has 0 fully saturated rings. The van der Waals surface area contributed by atoms with Crippen LogP contribution in [0.1, 0.15) is 40.0 Å². The second-order valence-corrected chi connectivity index (χ2v) is 4.57. The van der Waals surface area contributed by atoms with Crippen molar-refractivity contribution in [1.29, 1.82) is 0 Å². The van der Waals surface area contributed by atoms with Gasteiger partial charge in [0.15, 0.2) is 0 Å². The Labute approximate surface area is 99.6 Å². The number of likely N-dealkylation sites (N-methyl/N-ethyl adjacent to an activating group) is 1. The standard InChI is InChI=1S/C12H27N3O/c1-5-6-8-14-12(16)11(3)15(4)9-7-10(2)13/h10-11H,5-9,13H2,1-4H3,(H,14,16). The molecule has 0 spiro atoms. The van der Waals surface area contributed by atoms with Gasteiger partial charge in [-0.3, -0.25) is 9.69 Å². The number of nitrogens with zero attached hydrogens (tertiary/aromatic N) is 1. The molecule has 4 nitrogen and oxygen atoms in total. The van der Waals surface area contributed by atoms with E-state index < -0.39 is 0 Å². The van der Waals surface area contributed by atoms with Crippen molar-refractivity contribution in [3.63, 3.8) is 0 Å². The molecule has 0 aromatic heterocycles. The Hall–Kier alpha value is -0.610. The molecule has 0 radical (unpaired) electrons. The van der Waals surface area contributed by atoms with Gasteiger partial charge in [0.2, 0.25) is 5.91 Å². The van der Waals surface area contributed by atoms with Crippen LogP contribution in [0.2, 0.25) is 0 Å². The molecule has 0 aromatic carbocycles. The van der Waals surface area contributed by atoms with Crippen LogP contribution in [0.5, 0.6) is 0 Å². The largest absolute Gasteiger partial charge is 0.355 e. The van der Waals surface area contributed by atoms with Crippen LogP contribution < -0.4 is 11.1 Å². The number of amides is 1. The minimum absolute atomic E-state index is 0.0735. The molecule has 1 amide bonds. The summed E-state index contributed by atoms with van der Waals surface area (Å²) >= 11 is 0. The lowest BCUT2D eigenvalue weighted by Crippen LogP contribution is -2.44. The van der Waals surface area contributed by atoms with E-state index in [4.69, 9.17) is 5.73 Å². The van der Waals surface area contributed by atoms with Crippen molar-refractivity contribution in [2.24, 2.45) is 5.73 Å². The van der Waals surface area contributed by atoms with Crippen LogP contribution in [0.4, 0.5) is 0 Å². The van der Waals surface area contributed by atoms with Gasteiger partial charge in [0.25, 0.3) is 0 Å². The molecule has 4 heteroatoms. The van der Waals surface area contributed by atoms with Gasteiger partial charge in [-0.25, -0.2) is 0 Å². The molecular formula is C12H27N3O. The van der Waals surface area contributed by atoms with Crippen LogP contribution in [0.25, 0.3) is 0 Å². The SMILES string of the molecule is CCCCNC(=O)C(C)N(C)CCC(C)N. The molecule has 0 saturated heterocycles. The number of unbranched alkanes of at least 4 members (excludes halogenated alkanes) is 1. The number of hydrogen-bond donors (Lipinski definition) is 2. The van der Waals surface area contributed by atoms with Gasteiger partial charge in [0.1, 0.15) is 0 Å². The zero-order chi connectivity index (χ0) is 12.6. The quantitative estimate of drug-likeness (QED) is 0.610. The minimum atomic E-state index is -0.0735. The van der Waals surface area contributed by atoms with Gasteiger partial charge in [-0.1, -0.05) is 13.3 Å². The van der Waals surface area contributed by atoms with E-state index in [-0.39, 0.29) is 18.0 Å². The summed E-state index contributed by atoms with van der Waals surface area (Å²) in [6, 6.07) is 0.119. The zero-order valence-corrected chi connectivity index (χ0v) is 11.1. The average molecular weight is 229 g/mol. The van der Waals surface area contributed by atoms with Gasteiger partial charge in [-0.15, -0.1) is 0 Å². The first-order valence-corrected chi connectivity index (χ1v) is 6.22. The highest BCUT2D eigenvalue weighted by atomic mass is 16.2. The van der Waals surface area contributed by atoms with Crippen LogP contribution in [-0.2, 0) is 4.79 Å². The summed E-state index contributed by atoms with van der Waals surface area (Å²) in [6.07, 6.45) is 3.07. The number of rotatable bonds is 8. The number of carbonyl (C=O) groups excluding carboxylic acids is 1. The molecule has 0 rings (SSSR count). The second-order valence-electron chi connectivity index (χ2n) is 4.57. The molecule has 96 valence electrons. The first-order chi connectivity index (χ1) is 7.49. The molecule has 0 heterocycles. The third-order valence-electron chi connectivity index (χ3n) is 2.81. The Morgan fingerprint density at radius 1 is 1.44 bits per heavy atom. The van der Waals surface area contributed by atoms with Crippen molar-refractivity contribution in [3.05, 3.63) is 0 Å². The third kappa shape index (κ3) is 6.80. The summed E-state index contributed by atoms with van der Waals surface area (Å²) < 4.78 is 0. The van der Waals surface area contributed by atoms with Crippen molar-refractivity contribution < 1.29 is 4.79 Å². The fourth-order valence-corrected chi connectivity index (χ4v) is 1.34. The molecule has 0 aliphatic carbocycles. The van der Waals surface area contributed by atoms with Crippen LogP contribution >= 0.6 is 0 Å². The predicted molar refractivity (Wildman–Crippen MR) is 68.3 cm³/mol. The Balaban J connectivity index is 3.82. The Bertz CT molecular complexity index is 195. The van der Waals surface area contributed by atoms with E-state index in [2.05, 4.69) is 12.2 Å². The number of nitrogens with one attached hydrogen (secondary N) is 1. The fraction of sp³-hybridized carbons (Fsp3) is 0.917. The van der Waals surface area contributed by atoms with Crippen LogP contribution in [0.3, 0.4) is 0 Å². The second kappa shape index (κ2) is 8.53. The number of hydrogen-bond acceptors (Lipinski definition) is 3. The highest BCUT2D eigenvalue weighted by molar-refractivity contribution is 5.81. The van der Waals surface area contributed by atoms with E-state index in [9.17, 15) is 4.79 Å². The Kier molecular flexibility index (Phi) is 8.21. The summed E-state index contributed by atoms with van der Waals surface area (Å²) in [5.74, 6) is 0.112. The highest BCUT2D eigenvalue weighted by Crippen LogP contribution is 1.99. The van der Waals surface area contributed by atoms with Gasteiger partial charge in [-0.2, -0.15) is 0 Å². The van der Waals surface area contributed by atoms with Gasteiger partial charge in [-0.05, 0) is 33.7 Å². The molecule has 0 aliphatic rings. The number of nitrogens with two attached hydrogens (primary N) is 1. The fourth-order valence-electron chi connectivity index (χ4n) is 1.34. The van der Waals surface area contributed by atoms with Crippen LogP contribution in [0.15, 0.2) is 0 Å². The first kappa shape index (κ1) is 15.4. The monoisotopic (exact) mass is 229 g/mol. The van der Waals surface area contributed by atoms with E-state index in [1.54, 1.807) is 0 Å². The lowest BCUT2D eigenvalue weighted by molar-refractivity contribution is -0.125. The van der Waals surface area contributed by atoms with Crippen molar-refractivity contribution in [3.8, 4) is 0 Å². The van der Waals surface area contributed by atoms with Gasteiger partial charge in [0, 0.05) is 19.1 Å². The zero-order valence-electron chi connectivity index (χ0n) is 11.1. The van der Waals surface area contributed by atoms with E-state index in [0.29, 0.717) is 0 Å². The molecule has 0 saturated carbocycles. The van der Waals surface area contributed by atoms with Crippen molar-refractivity contribution in [2.75, 3.05) is 20.1 Å². The normalized spacial score (nSPS) is 14.9. The van der Waals surface area contributed by atoms with Crippen molar-refractivity contribution >= 4 is 5.91 Å². The van der Waals surface area contributed by atoms with Gasteiger partial charge < -0.3 is 11.1 Å². The Morgan fingerprint density at radius 3 is 2.56 bits per heavy atom. The number of carbonyl (C=O) groups is 1. The molecule has 2 atom stereocenters. The van der Waals surface area contributed by atoms with Crippen LogP contribution in [0, 0.1) is 0 Å². The van der Waals surface area contributed by atoms with E-state index in [1.165, 1.54) is 0 Å². The summed E-state index contributed by atoms with van der Waals surface area (Å²) in [4.78, 5) is 13.8. The maximum absolute atomic E-state index is 11.7. The summed E-state index contributed by atoms with van der Waals surface area (Å²) in [5, 5.41) is 2.94. The lowest BCUT2D eigenvalue weighted by atomic mass is 10.2. The minimum Gasteiger partial charge on any atom is -0.355 e. The van der Waals surface area contributed by atoms with E-state index >= 15 is 0 Å². The summed E-state index contributed by atoms with van der Waals surface area (Å²) in [5.41, 5.74) is 5.69. The molecule has 3 N–H and O–H groups in total. The Morgan fingerprint density at radius 2 is 2.06 bits per heavy atom. The van der Waals surface area contributed by atoms with E-state index in [0.717, 1.165) is 32.4 Å². The molecule has 0 aliphatic heterocycles.